The Labute approximate surface area is 247 Å². The van der Waals surface area contributed by atoms with Crippen LogP contribution in [0.4, 0.5) is 5.69 Å². The topological polar surface area (TPSA) is 96.0 Å². The van der Waals surface area contributed by atoms with E-state index < -0.39 is 12.1 Å². The Morgan fingerprint density at radius 2 is 2.10 bits per heavy atom. The summed E-state index contributed by atoms with van der Waals surface area (Å²) in [6.07, 6.45) is 9.53. The van der Waals surface area contributed by atoms with Crippen molar-refractivity contribution in [1.82, 2.24) is 0 Å². The maximum absolute atomic E-state index is 11.9. The number of carbonyl (C=O) groups is 1. The van der Waals surface area contributed by atoms with E-state index in [9.17, 15) is 15.0 Å². The molecular formula is C32H41ClN2O4S. The molecule has 1 heterocycles. The molecule has 6 nitrogen and oxygen atoms in total. The molecule has 2 aromatic carbocycles. The van der Waals surface area contributed by atoms with Crippen molar-refractivity contribution in [2.45, 2.75) is 69.1 Å². The van der Waals surface area contributed by atoms with Gasteiger partial charge in [-0.1, -0.05) is 55.6 Å². The standard InChI is InChI=1S/C32H41ClN2O4S/c1-20(21(2)40-34)5-3-7-29(36)26-11-8-24(26)17-35-18-32(14-4-6-22-15-25(33)10-12-27(22)32)19-39-30-13-9-23(31(37)38)16-28(30)35/h3,7,9-10,12-13,15-16,20-21,24,26,29,36H,4-6,8,11,14,17-19,34H2,1-2H3,(H,37,38)/b7-3+. The van der Waals surface area contributed by atoms with Gasteiger partial charge in [-0.05, 0) is 97.7 Å². The SMILES string of the molecule is CC(C/C=C/C(O)C1CCC1CN1CC2(CCCc3cc(Cl)ccc32)COc2ccc(C(=O)O)cc21)C(C)SN. The molecule has 3 aliphatic rings. The number of rotatable bonds is 9. The highest BCUT2D eigenvalue weighted by molar-refractivity contribution is 7.97. The second-order valence-electron chi connectivity index (χ2n) is 12.1. The molecule has 0 saturated heterocycles. The van der Waals surface area contributed by atoms with Crippen LogP contribution in [0.2, 0.25) is 5.02 Å². The second-order valence-corrected chi connectivity index (χ2v) is 13.5. The van der Waals surface area contributed by atoms with Crippen LogP contribution < -0.4 is 14.8 Å². The van der Waals surface area contributed by atoms with Crippen LogP contribution in [0, 0.1) is 17.8 Å². The van der Waals surface area contributed by atoms with Crippen molar-refractivity contribution in [3.63, 3.8) is 0 Å². The van der Waals surface area contributed by atoms with Crippen molar-refractivity contribution in [3.8, 4) is 5.75 Å². The van der Waals surface area contributed by atoms with E-state index in [1.807, 2.05) is 12.1 Å². The molecule has 1 saturated carbocycles. The Hall–Kier alpha value is -2.19. The molecule has 0 aromatic heterocycles. The van der Waals surface area contributed by atoms with Crippen LogP contribution in [0.15, 0.2) is 48.6 Å². The van der Waals surface area contributed by atoms with E-state index in [2.05, 4.69) is 37.0 Å². The molecule has 6 atom stereocenters. The smallest absolute Gasteiger partial charge is 0.335 e. The quantitative estimate of drug-likeness (QED) is 0.229. The number of aliphatic hydroxyl groups is 1. The van der Waals surface area contributed by atoms with Gasteiger partial charge in [-0.25, -0.2) is 4.79 Å². The average molecular weight is 585 g/mol. The molecule has 0 radical (unpaired) electrons. The molecule has 1 aliphatic heterocycles. The Bertz CT molecular complexity index is 1260. The number of hydrogen-bond donors (Lipinski definition) is 3. The van der Waals surface area contributed by atoms with Crippen molar-refractivity contribution in [2.75, 3.05) is 24.6 Å². The molecule has 2 aromatic rings. The van der Waals surface area contributed by atoms with Crippen LogP contribution in [-0.2, 0) is 11.8 Å². The van der Waals surface area contributed by atoms with Crippen LogP contribution >= 0.6 is 23.5 Å². The fourth-order valence-corrected chi connectivity index (χ4v) is 7.28. The molecule has 0 amide bonds. The Morgan fingerprint density at radius 3 is 2.83 bits per heavy atom. The summed E-state index contributed by atoms with van der Waals surface area (Å²) in [5.41, 5.74) is 3.43. The number of aliphatic hydroxyl groups excluding tert-OH is 1. The van der Waals surface area contributed by atoms with Crippen molar-refractivity contribution < 1.29 is 19.7 Å². The lowest BCUT2D eigenvalue weighted by atomic mass is 9.68. The third-order valence-electron chi connectivity index (χ3n) is 9.51. The molecule has 0 bridgehead atoms. The van der Waals surface area contributed by atoms with E-state index in [4.69, 9.17) is 21.5 Å². The van der Waals surface area contributed by atoms with Gasteiger partial charge < -0.3 is 19.8 Å². The first-order valence-electron chi connectivity index (χ1n) is 14.4. The lowest BCUT2D eigenvalue weighted by molar-refractivity contribution is 0.0456. The molecule has 1 fully saturated rings. The van der Waals surface area contributed by atoms with Crippen molar-refractivity contribution in [1.29, 1.82) is 0 Å². The normalized spacial score (nSPS) is 26.3. The van der Waals surface area contributed by atoms with Crippen LogP contribution in [0.1, 0.15) is 67.4 Å². The van der Waals surface area contributed by atoms with Gasteiger partial charge in [-0.3, -0.25) is 5.14 Å². The lowest BCUT2D eigenvalue weighted by Gasteiger charge is -2.45. The number of hydrogen-bond acceptors (Lipinski definition) is 6. The number of fused-ring (bicyclic) bond motifs is 3. The van der Waals surface area contributed by atoms with E-state index >= 15 is 0 Å². The fourth-order valence-electron chi connectivity index (χ4n) is 6.70. The van der Waals surface area contributed by atoms with Crippen molar-refractivity contribution in [2.24, 2.45) is 22.9 Å². The maximum atomic E-state index is 11.9. The van der Waals surface area contributed by atoms with Crippen LogP contribution in [0.25, 0.3) is 0 Å². The number of carboxylic acid groups (broad SMARTS) is 1. The zero-order valence-electron chi connectivity index (χ0n) is 23.4. The second kappa shape index (κ2) is 12.4. The predicted octanol–water partition coefficient (Wildman–Crippen LogP) is 6.48. The summed E-state index contributed by atoms with van der Waals surface area (Å²) < 4.78 is 6.47. The summed E-state index contributed by atoms with van der Waals surface area (Å²) >= 11 is 7.75. The number of benzene rings is 2. The van der Waals surface area contributed by atoms with E-state index in [1.54, 1.807) is 18.2 Å². The van der Waals surface area contributed by atoms with E-state index in [0.717, 1.165) is 68.1 Å². The van der Waals surface area contributed by atoms with Crippen LogP contribution in [-0.4, -0.2) is 47.2 Å². The minimum atomic E-state index is -0.946. The van der Waals surface area contributed by atoms with Crippen LogP contribution in [0.3, 0.4) is 0 Å². The zero-order valence-corrected chi connectivity index (χ0v) is 25.0. The summed E-state index contributed by atoms with van der Waals surface area (Å²) in [4.78, 5) is 14.2. The summed E-state index contributed by atoms with van der Waals surface area (Å²) in [5, 5.41) is 27.7. The summed E-state index contributed by atoms with van der Waals surface area (Å²) in [5.74, 6) is 0.701. The lowest BCUT2D eigenvalue weighted by Crippen LogP contribution is -2.49. The number of allylic oxidation sites excluding steroid dienone is 1. The fraction of sp³-hybridized carbons (Fsp3) is 0.531. The number of carboxylic acids is 1. The van der Waals surface area contributed by atoms with Gasteiger partial charge in [0.15, 0.2) is 0 Å². The predicted molar refractivity (Wildman–Crippen MR) is 164 cm³/mol. The molecule has 8 heteroatoms. The highest BCUT2D eigenvalue weighted by Gasteiger charge is 2.44. The molecule has 5 rings (SSSR count). The zero-order chi connectivity index (χ0) is 28.4. The molecule has 40 heavy (non-hydrogen) atoms. The van der Waals surface area contributed by atoms with Gasteiger partial charge in [0.1, 0.15) is 5.75 Å². The van der Waals surface area contributed by atoms with Gasteiger partial charge in [0, 0.05) is 28.8 Å². The third kappa shape index (κ3) is 6.03. The summed E-state index contributed by atoms with van der Waals surface area (Å²) in [7, 11) is 0. The van der Waals surface area contributed by atoms with E-state index in [-0.39, 0.29) is 16.9 Å². The summed E-state index contributed by atoms with van der Waals surface area (Å²) in [6, 6.07) is 11.4. The van der Waals surface area contributed by atoms with Crippen molar-refractivity contribution in [3.05, 3.63) is 70.3 Å². The number of aromatic carboxylic acids is 1. The molecule has 216 valence electrons. The van der Waals surface area contributed by atoms with E-state index in [0.29, 0.717) is 23.7 Å². The molecule has 6 unspecified atom stereocenters. The van der Waals surface area contributed by atoms with Gasteiger partial charge >= 0.3 is 5.97 Å². The first kappa shape index (κ1) is 29.3. The van der Waals surface area contributed by atoms with Gasteiger partial charge in [-0.2, -0.15) is 0 Å². The Morgan fingerprint density at radius 1 is 1.27 bits per heavy atom. The number of nitrogens with zero attached hydrogens (tertiary/aromatic N) is 1. The maximum Gasteiger partial charge on any atom is 0.335 e. The van der Waals surface area contributed by atoms with Crippen LogP contribution in [0.5, 0.6) is 5.75 Å². The molecule has 1 spiro atoms. The largest absolute Gasteiger partial charge is 0.490 e. The number of anilines is 1. The highest BCUT2D eigenvalue weighted by atomic mass is 35.5. The molecule has 2 aliphatic carbocycles. The Balaban J connectivity index is 1.40. The number of halogens is 1. The third-order valence-corrected chi connectivity index (χ3v) is 10.6. The molecule has 4 N–H and O–H groups in total. The van der Waals surface area contributed by atoms with Gasteiger partial charge in [0.2, 0.25) is 0 Å². The van der Waals surface area contributed by atoms with Crippen molar-refractivity contribution >= 4 is 35.2 Å². The minimum absolute atomic E-state index is 0.177. The first-order chi connectivity index (χ1) is 19.2. The Kier molecular flexibility index (Phi) is 9.05. The monoisotopic (exact) mass is 584 g/mol. The number of ether oxygens (including phenoxy) is 1. The number of nitrogens with two attached hydrogens (primary N) is 1. The minimum Gasteiger partial charge on any atom is -0.490 e. The number of aryl methyl sites for hydroxylation is 1. The van der Waals surface area contributed by atoms with E-state index in [1.165, 1.54) is 23.1 Å². The summed E-state index contributed by atoms with van der Waals surface area (Å²) in [6.45, 7) is 6.33. The average Bonchev–Trinajstić information content (AvgIpc) is 3.07. The van der Waals surface area contributed by atoms with Gasteiger partial charge in [0.05, 0.1) is 24.0 Å². The highest BCUT2D eigenvalue weighted by Crippen LogP contribution is 2.46. The van der Waals surface area contributed by atoms with Gasteiger partial charge in [0.25, 0.3) is 0 Å². The first-order valence-corrected chi connectivity index (χ1v) is 15.8. The van der Waals surface area contributed by atoms with Gasteiger partial charge in [-0.15, -0.1) is 0 Å². The molecular weight excluding hydrogens is 544 g/mol.